The summed E-state index contributed by atoms with van der Waals surface area (Å²) in [6.07, 6.45) is 0. The number of carbonyl (C=O) groups excluding carboxylic acids is 1. The quantitative estimate of drug-likeness (QED) is 0.882. The van der Waals surface area contributed by atoms with Crippen molar-refractivity contribution in [1.29, 1.82) is 0 Å². The first-order chi connectivity index (χ1) is 9.20. The Morgan fingerprint density at radius 1 is 1.11 bits per heavy atom. The zero-order valence-electron chi connectivity index (χ0n) is 10.7. The highest BCUT2D eigenvalue weighted by atomic mass is 16.5. The largest absolute Gasteiger partial charge is 0.497 e. The molecule has 0 aliphatic rings. The van der Waals surface area contributed by atoms with Crippen molar-refractivity contribution in [3.05, 3.63) is 60.2 Å². The number of methoxy groups -OCH3 is 1. The first-order valence-electron chi connectivity index (χ1n) is 5.96. The van der Waals surface area contributed by atoms with E-state index in [1.54, 1.807) is 31.4 Å². The Morgan fingerprint density at radius 2 is 1.74 bits per heavy atom. The van der Waals surface area contributed by atoms with Crippen LogP contribution in [0.2, 0.25) is 0 Å². The van der Waals surface area contributed by atoms with Crippen molar-refractivity contribution < 1.29 is 9.53 Å². The molecule has 0 aromatic heterocycles. The van der Waals surface area contributed by atoms with Crippen LogP contribution in [-0.2, 0) is 4.79 Å². The van der Waals surface area contributed by atoms with Gasteiger partial charge in [0.2, 0.25) is 5.91 Å². The van der Waals surface area contributed by atoms with Gasteiger partial charge in [-0.3, -0.25) is 4.79 Å². The Hall–Kier alpha value is -2.33. The van der Waals surface area contributed by atoms with Gasteiger partial charge >= 0.3 is 0 Å². The van der Waals surface area contributed by atoms with Gasteiger partial charge in [0, 0.05) is 5.69 Å². The molecule has 0 aliphatic heterocycles. The zero-order chi connectivity index (χ0) is 13.7. The minimum Gasteiger partial charge on any atom is -0.497 e. The van der Waals surface area contributed by atoms with Crippen molar-refractivity contribution in [2.45, 2.75) is 6.04 Å². The smallest absolute Gasteiger partial charge is 0.245 e. The van der Waals surface area contributed by atoms with Crippen LogP contribution in [0.3, 0.4) is 0 Å². The second-order valence-corrected chi connectivity index (χ2v) is 4.11. The number of hydrogen-bond acceptors (Lipinski definition) is 3. The molecule has 1 amide bonds. The van der Waals surface area contributed by atoms with Crippen LogP contribution in [0.5, 0.6) is 5.75 Å². The minimum absolute atomic E-state index is 0.239. The molecule has 1 atom stereocenters. The van der Waals surface area contributed by atoms with E-state index in [9.17, 15) is 4.79 Å². The Bertz CT molecular complexity index is 538. The maximum absolute atomic E-state index is 12.0. The molecule has 0 bridgehead atoms. The molecule has 2 aromatic rings. The van der Waals surface area contributed by atoms with Gasteiger partial charge in [-0.1, -0.05) is 30.3 Å². The molecule has 0 aliphatic carbocycles. The van der Waals surface area contributed by atoms with Crippen LogP contribution in [0, 0.1) is 0 Å². The standard InChI is InChI=1S/C15H16N2O2/c1-19-13-9-7-12(8-10-13)17-15(18)14(16)11-5-3-2-4-6-11/h2-10,14H,16H2,1H3,(H,17,18)/t14-/m1/s1. The number of anilines is 1. The molecule has 0 spiro atoms. The minimum atomic E-state index is -0.677. The van der Waals surface area contributed by atoms with Crippen molar-refractivity contribution in [1.82, 2.24) is 0 Å². The molecule has 0 fully saturated rings. The lowest BCUT2D eigenvalue weighted by Gasteiger charge is -2.12. The number of carbonyl (C=O) groups is 1. The summed E-state index contributed by atoms with van der Waals surface area (Å²) >= 11 is 0. The molecular formula is C15H16N2O2. The van der Waals surface area contributed by atoms with Gasteiger partial charge < -0.3 is 15.8 Å². The first kappa shape index (κ1) is 13.1. The van der Waals surface area contributed by atoms with Gasteiger partial charge in [-0.05, 0) is 29.8 Å². The number of nitrogens with two attached hydrogens (primary N) is 1. The van der Waals surface area contributed by atoms with Gasteiger partial charge in [-0.25, -0.2) is 0 Å². The number of benzene rings is 2. The van der Waals surface area contributed by atoms with Crippen LogP contribution >= 0.6 is 0 Å². The van der Waals surface area contributed by atoms with Crippen molar-refractivity contribution in [2.75, 3.05) is 12.4 Å². The van der Waals surface area contributed by atoms with Crippen molar-refractivity contribution in [3.63, 3.8) is 0 Å². The summed E-state index contributed by atoms with van der Waals surface area (Å²) in [4.78, 5) is 12.0. The Kier molecular flexibility index (Phi) is 4.15. The molecular weight excluding hydrogens is 240 g/mol. The van der Waals surface area contributed by atoms with Crippen molar-refractivity contribution in [3.8, 4) is 5.75 Å². The van der Waals surface area contributed by atoms with Gasteiger partial charge in [-0.15, -0.1) is 0 Å². The Morgan fingerprint density at radius 3 is 2.32 bits per heavy atom. The SMILES string of the molecule is COc1ccc(NC(=O)[C@H](N)c2ccccc2)cc1. The van der Waals surface area contributed by atoms with Crippen LogP contribution in [0.4, 0.5) is 5.69 Å². The van der Waals surface area contributed by atoms with E-state index in [2.05, 4.69) is 5.32 Å². The Balaban J connectivity index is 2.04. The molecule has 0 heterocycles. The predicted octanol–water partition coefficient (Wildman–Crippen LogP) is 2.33. The van der Waals surface area contributed by atoms with E-state index in [1.165, 1.54) is 0 Å². The molecule has 0 radical (unpaired) electrons. The van der Waals surface area contributed by atoms with E-state index in [0.29, 0.717) is 5.69 Å². The van der Waals surface area contributed by atoms with E-state index in [0.717, 1.165) is 11.3 Å². The number of nitrogens with one attached hydrogen (secondary N) is 1. The lowest BCUT2D eigenvalue weighted by molar-refractivity contribution is -0.117. The second kappa shape index (κ2) is 6.02. The summed E-state index contributed by atoms with van der Waals surface area (Å²) in [5.41, 5.74) is 7.38. The van der Waals surface area contributed by atoms with Gasteiger partial charge in [-0.2, -0.15) is 0 Å². The summed E-state index contributed by atoms with van der Waals surface area (Å²) in [6.45, 7) is 0. The number of hydrogen-bond donors (Lipinski definition) is 2. The molecule has 0 saturated heterocycles. The van der Waals surface area contributed by atoms with Crippen LogP contribution in [0.25, 0.3) is 0 Å². The van der Waals surface area contributed by atoms with Crippen LogP contribution in [0.15, 0.2) is 54.6 Å². The molecule has 19 heavy (non-hydrogen) atoms. The van der Waals surface area contributed by atoms with E-state index in [-0.39, 0.29) is 5.91 Å². The van der Waals surface area contributed by atoms with E-state index < -0.39 is 6.04 Å². The van der Waals surface area contributed by atoms with Crippen molar-refractivity contribution in [2.24, 2.45) is 5.73 Å². The third-order valence-electron chi connectivity index (χ3n) is 2.80. The maximum atomic E-state index is 12.0. The topological polar surface area (TPSA) is 64.3 Å². The zero-order valence-corrected chi connectivity index (χ0v) is 10.7. The summed E-state index contributed by atoms with van der Waals surface area (Å²) in [6, 6.07) is 15.7. The van der Waals surface area contributed by atoms with Gasteiger partial charge in [0.15, 0.2) is 0 Å². The summed E-state index contributed by atoms with van der Waals surface area (Å²) in [5, 5.41) is 2.77. The summed E-state index contributed by atoms with van der Waals surface area (Å²) in [5.74, 6) is 0.502. The highest BCUT2D eigenvalue weighted by molar-refractivity contribution is 5.95. The normalized spacial score (nSPS) is 11.7. The molecule has 98 valence electrons. The van der Waals surface area contributed by atoms with Crippen LogP contribution in [0.1, 0.15) is 11.6 Å². The summed E-state index contributed by atoms with van der Waals surface area (Å²) in [7, 11) is 1.60. The number of ether oxygens (including phenoxy) is 1. The lowest BCUT2D eigenvalue weighted by atomic mass is 10.1. The first-order valence-corrected chi connectivity index (χ1v) is 5.96. The third-order valence-corrected chi connectivity index (χ3v) is 2.80. The summed E-state index contributed by atoms with van der Waals surface area (Å²) < 4.78 is 5.05. The van der Waals surface area contributed by atoms with E-state index in [1.807, 2.05) is 30.3 Å². The highest BCUT2D eigenvalue weighted by Gasteiger charge is 2.15. The fourth-order valence-electron chi connectivity index (χ4n) is 1.71. The molecule has 2 aromatic carbocycles. The predicted molar refractivity (Wildman–Crippen MR) is 75.0 cm³/mol. The molecule has 3 N–H and O–H groups in total. The monoisotopic (exact) mass is 256 g/mol. The van der Waals surface area contributed by atoms with E-state index in [4.69, 9.17) is 10.5 Å². The highest BCUT2D eigenvalue weighted by Crippen LogP contribution is 2.17. The van der Waals surface area contributed by atoms with Crippen molar-refractivity contribution >= 4 is 11.6 Å². The van der Waals surface area contributed by atoms with Crippen LogP contribution in [-0.4, -0.2) is 13.0 Å². The molecule has 0 saturated carbocycles. The average Bonchev–Trinajstić information content (AvgIpc) is 2.48. The molecule has 4 nitrogen and oxygen atoms in total. The number of rotatable bonds is 4. The van der Waals surface area contributed by atoms with Crippen LogP contribution < -0.4 is 15.8 Å². The van der Waals surface area contributed by atoms with E-state index >= 15 is 0 Å². The fraction of sp³-hybridized carbons (Fsp3) is 0.133. The molecule has 4 heteroatoms. The Labute approximate surface area is 112 Å². The molecule has 2 rings (SSSR count). The van der Waals surface area contributed by atoms with Gasteiger partial charge in [0.1, 0.15) is 11.8 Å². The average molecular weight is 256 g/mol. The number of amides is 1. The fourth-order valence-corrected chi connectivity index (χ4v) is 1.71. The van der Waals surface area contributed by atoms with Gasteiger partial charge in [0.05, 0.1) is 7.11 Å². The molecule has 0 unspecified atom stereocenters. The lowest BCUT2D eigenvalue weighted by Crippen LogP contribution is -2.27. The third kappa shape index (κ3) is 3.33. The second-order valence-electron chi connectivity index (χ2n) is 4.11. The van der Waals surface area contributed by atoms with Gasteiger partial charge in [0.25, 0.3) is 0 Å². The maximum Gasteiger partial charge on any atom is 0.245 e.